The van der Waals surface area contributed by atoms with Crippen LogP contribution in [0.1, 0.15) is 30.9 Å². The molecule has 7 nitrogen and oxygen atoms in total. The summed E-state index contributed by atoms with van der Waals surface area (Å²) in [7, 11) is 3.55. The van der Waals surface area contributed by atoms with Crippen molar-refractivity contribution in [1.29, 1.82) is 0 Å². The fourth-order valence-corrected chi connectivity index (χ4v) is 3.08. The SMILES string of the molecule is CNC(C(=O)Nc1cccc(N2CCCCC2=O)c1)c1cnn(C)c1.Cl. The molecule has 0 bridgehead atoms. The van der Waals surface area contributed by atoms with Gasteiger partial charge in [0.05, 0.1) is 6.20 Å². The molecule has 1 saturated heterocycles. The van der Waals surface area contributed by atoms with Crippen LogP contribution in [0.2, 0.25) is 0 Å². The Bertz CT molecular complexity index is 776. The lowest BCUT2D eigenvalue weighted by Crippen LogP contribution is -2.35. The number of likely N-dealkylation sites (N-methyl/N-ethyl adjacent to an activating group) is 1. The van der Waals surface area contributed by atoms with Crippen LogP contribution in [0.25, 0.3) is 0 Å². The van der Waals surface area contributed by atoms with Crippen LogP contribution in [0.15, 0.2) is 36.7 Å². The van der Waals surface area contributed by atoms with Crippen LogP contribution in [0.5, 0.6) is 0 Å². The molecule has 140 valence electrons. The smallest absolute Gasteiger partial charge is 0.246 e. The second-order valence-electron chi connectivity index (χ2n) is 6.21. The highest BCUT2D eigenvalue weighted by molar-refractivity contribution is 5.98. The topological polar surface area (TPSA) is 79.3 Å². The fourth-order valence-electron chi connectivity index (χ4n) is 3.08. The average Bonchev–Trinajstić information content (AvgIpc) is 3.02. The molecule has 0 radical (unpaired) electrons. The van der Waals surface area contributed by atoms with Gasteiger partial charge in [0.1, 0.15) is 6.04 Å². The molecule has 26 heavy (non-hydrogen) atoms. The molecule has 1 aromatic carbocycles. The Morgan fingerprint density at radius 1 is 1.31 bits per heavy atom. The Kier molecular flexibility index (Phi) is 6.76. The number of piperidine rings is 1. The number of carbonyl (C=O) groups is 2. The molecule has 1 aromatic heterocycles. The largest absolute Gasteiger partial charge is 0.324 e. The summed E-state index contributed by atoms with van der Waals surface area (Å²) in [4.78, 5) is 26.5. The first-order valence-electron chi connectivity index (χ1n) is 8.45. The van der Waals surface area contributed by atoms with Crippen LogP contribution in [0.4, 0.5) is 11.4 Å². The third kappa shape index (κ3) is 4.42. The number of nitrogens with zero attached hydrogens (tertiary/aromatic N) is 3. The molecule has 3 rings (SSSR count). The van der Waals surface area contributed by atoms with Gasteiger partial charge < -0.3 is 15.5 Å². The van der Waals surface area contributed by atoms with Crippen LogP contribution in [-0.4, -0.2) is 35.2 Å². The minimum Gasteiger partial charge on any atom is -0.324 e. The number of carbonyl (C=O) groups excluding carboxylic acids is 2. The van der Waals surface area contributed by atoms with Gasteiger partial charge in [0.2, 0.25) is 11.8 Å². The zero-order chi connectivity index (χ0) is 17.8. The van der Waals surface area contributed by atoms with E-state index in [4.69, 9.17) is 0 Å². The van der Waals surface area contributed by atoms with Gasteiger partial charge in [0.15, 0.2) is 0 Å². The van der Waals surface area contributed by atoms with E-state index in [0.29, 0.717) is 12.1 Å². The van der Waals surface area contributed by atoms with E-state index in [1.54, 1.807) is 22.8 Å². The highest BCUT2D eigenvalue weighted by Crippen LogP contribution is 2.24. The van der Waals surface area contributed by atoms with Crippen molar-refractivity contribution >= 4 is 35.6 Å². The molecule has 2 aromatic rings. The predicted octanol–water partition coefficient (Wildman–Crippen LogP) is 2.26. The van der Waals surface area contributed by atoms with Crippen molar-refractivity contribution in [1.82, 2.24) is 15.1 Å². The number of rotatable bonds is 5. The first-order chi connectivity index (χ1) is 12.1. The number of halogens is 1. The lowest BCUT2D eigenvalue weighted by Gasteiger charge is -2.27. The molecule has 0 saturated carbocycles. The van der Waals surface area contributed by atoms with Crippen LogP contribution < -0.4 is 15.5 Å². The average molecular weight is 378 g/mol. The molecular formula is C18H24ClN5O2. The van der Waals surface area contributed by atoms with Gasteiger partial charge in [-0.3, -0.25) is 14.3 Å². The fraction of sp³-hybridized carbons (Fsp3) is 0.389. The summed E-state index contributed by atoms with van der Waals surface area (Å²) in [5.41, 5.74) is 2.29. The molecule has 2 heterocycles. The molecule has 1 unspecified atom stereocenters. The van der Waals surface area contributed by atoms with E-state index in [1.807, 2.05) is 37.5 Å². The number of anilines is 2. The standard InChI is InChI=1S/C18H23N5O2.ClH/c1-19-17(13-11-20-22(2)12-13)18(25)21-14-6-5-7-15(10-14)23-9-4-3-8-16(23)24;/h5-7,10-12,17,19H,3-4,8-9H2,1-2H3,(H,21,25);1H. The van der Waals surface area contributed by atoms with E-state index >= 15 is 0 Å². The second-order valence-corrected chi connectivity index (χ2v) is 6.21. The van der Waals surface area contributed by atoms with Crippen molar-refractivity contribution in [3.63, 3.8) is 0 Å². The normalized spacial score (nSPS) is 15.3. The first-order valence-corrected chi connectivity index (χ1v) is 8.45. The van der Waals surface area contributed by atoms with Gasteiger partial charge in [0, 0.05) is 43.1 Å². The lowest BCUT2D eigenvalue weighted by atomic mass is 10.1. The first kappa shape index (κ1) is 19.9. The summed E-state index contributed by atoms with van der Waals surface area (Å²) in [5, 5.41) is 10.0. The van der Waals surface area contributed by atoms with Crippen LogP contribution in [0, 0.1) is 0 Å². The van der Waals surface area contributed by atoms with E-state index in [9.17, 15) is 9.59 Å². The minimum atomic E-state index is -0.492. The molecule has 2 amide bonds. The number of aromatic nitrogens is 2. The third-order valence-corrected chi connectivity index (χ3v) is 4.36. The lowest BCUT2D eigenvalue weighted by molar-refractivity contribution is -0.119. The number of nitrogens with one attached hydrogen (secondary N) is 2. The molecular weight excluding hydrogens is 354 g/mol. The Balaban J connectivity index is 0.00000243. The van der Waals surface area contributed by atoms with Crippen LogP contribution in [-0.2, 0) is 16.6 Å². The highest BCUT2D eigenvalue weighted by atomic mass is 35.5. The quantitative estimate of drug-likeness (QED) is 0.837. The van der Waals surface area contributed by atoms with E-state index in [1.165, 1.54) is 0 Å². The zero-order valence-electron chi connectivity index (χ0n) is 14.9. The van der Waals surface area contributed by atoms with Crippen molar-refractivity contribution in [2.75, 3.05) is 23.8 Å². The molecule has 0 aliphatic carbocycles. The number of aryl methyl sites for hydroxylation is 1. The Hall–Kier alpha value is -2.38. The summed E-state index contributed by atoms with van der Waals surface area (Å²) >= 11 is 0. The van der Waals surface area contributed by atoms with Crippen molar-refractivity contribution in [2.24, 2.45) is 7.05 Å². The van der Waals surface area contributed by atoms with Gasteiger partial charge >= 0.3 is 0 Å². The molecule has 0 spiro atoms. The number of amides is 2. The highest BCUT2D eigenvalue weighted by Gasteiger charge is 2.22. The van der Waals surface area contributed by atoms with Gasteiger partial charge in [0.25, 0.3) is 0 Å². The maximum Gasteiger partial charge on any atom is 0.246 e. The Morgan fingerprint density at radius 2 is 2.12 bits per heavy atom. The third-order valence-electron chi connectivity index (χ3n) is 4.36. The minimum absolute atomic E-state index is 0. The van der Waals surface area contributed by atoms with Crippen LogP contribution in [0.3, 0.4) is 0 Å². The van der Waals surface area contributed by atoms with Gasteiger partial charge in [-0.05, 0) is 38.1 Å². The number of benzene rings is 1. The van der Waals surface area contributed by atoms with Crippen LogP contribution >= 0.6 is 12.4 Å². The number of hydrogen-bond acceptors (Lipinski definition) is 4. The molecule has 2 N–H and O–H groups in total. The second kappa shape index (κ2) is 8.82. The summed E-state index contributed by atoms with van der Waals surface area (Å²) in [5.74, 6) is -0.0317. The summed E-state index contributed by atoms with van der Waals surface area (Å²) in [6, 6.07) is 6.93. The molecule has 1 aliphatic heterocycles. The predicted molar refractivity (Wildman–Crippen MR) is 104 cm³/mol. The summed E-state index contributed by atoms with van der Waals surface area (Å²) < 4.78 is 1.66. The van der Waals surface area contributed by atoms with E-state index in [2.05, 4.69) is 15.7 Å². The zero-order valence-corrected chi connectivity index (χ0v) is 15.8. The van der Waals surface area contributed by atoms with E-state index in [-0.39, 0.29) is 24.2 Å². The van der Waals surface area contributed by atoms with Gasteiger partial charge in [-0.1, -0.05) is 6.07 Å². The van der Waals surface area contributed by atoms with Gasteiger partial charge in [-0.2, -0.15) is 5.10 Å². The Labute approximate surface area is 159 Å². The van der Waals surface area contributed by atoms with E-state index in [0.717, 1.165) is 30.6 Å². The van der Waals surface area contributed by atoms with Crippen molar-refractivity contribution in [3.05, 3.63) is 42.2 Å². The van der Waals surface area contributed by atoms with E-state index < -0.39 is 6.04 Å². The number of hydrogen-bond donors (Lipinski definition) is 2. The molecule has 8 heteroatoms. The maximum absolute atomic E-state index is 12.6. The Morgan fingerprint density at radius 3 is 2.77 bits per heavy atom. The van der Waals surface area contributed by atoms with Gasteiger partial charge in [-0.25, -0.2) is 0 Å². The summed E-state index contributed by atoms with van der Waals surface area (Å²) in [6.45, 7) is 0.727. The monoisotopic (exact) mass is 377 g/mol. The maximum atomic E-state index is 12.6. The molecule has 1 aliphatic rings. The van der Waals surface area contributed by atoms with Gasteiger partial charge in [-0.15, -0.1) is 12.4 Å². The van der Waals surface area contributed by atoms with Crippen molar-refractivity contribution in [2.45, 2.75) is 25.3 Å². The molecule has 1 atom stereocenters. The molecule has 1 fully saturated rings. The summed E-state index contributed by atoms with van der Waals surface area (Å²) in [6.07, 6.45) is 6.01. The van der Waals surface area contributed by atoms with Crippen molar-refractivity contribution in [3.8, 4) is 0 Å². The van der Waals surface area contributed by atoms with Crippen molar-refractivity contribution < 1.29 is 9.59 Å².